The Morgan fingerprint density at radius 1 is 1.39 bits per heavy atom. The van der Waals surface area contributed by atoms with E-state index in [1.54, 1.807) is 0 Å². The van der Waals surface area contributed by atoms with E-state index in [0.717, 1.165) is 34.8 Å². The Hall–Kier alpha value is -1.95. The predicted molar refractivity (Wildman–Crippen MR) is 70.6 cm³/mol. The average Bonchev–Trinajstić information content (AvgIpc) is 3.04. The highest BCUT2D eigenvalue weighted by Crippen LogP contribution is 2.20. The SMILES string of the molecule is CCc1nc2cc(NCc3csnn3)ccc2o1. The molecule has 3 aromatic rings. The largest absolute Gasteiger partial charge is 0.441 e. The highest BCUT2D eigenvalue weighted by Gasteiger charge is 2.05. The van der Waals surface area contributed by atoms with Crippen LogP contribution in [-0.2, 0) is 13.0 Å². The van der Waals surface area contributed by atoms with Gasteiger partial charge in [-0.2, -0.15) is 0 Å². The van der Waals surface area contributed by atoms with Crippen LogP contribution in [0.4, 0.5) is 5.69 Å². The van der Waals surface area contributed by atoms with Crippen molar-refractivity contribution in [2.45, 2.75) is 19.9 Å². The Bertz CT molecular complexity index is 647. The van der Waals surface area contributed by atoms with Crippen LogP contribution in [0.2, 0.25) is 0 Å². The standard InChI is InChI=1S/C12H12N4OS/c1-2-12-14-10-5-8(3-4-11(10)17-12)13-6-9-7-18-16-15-9/h3-5,7,13H,2,6H2,1H3. The van der Waals surface area contributed by atoms with Gasteiger partial charge in [-0.15, -0.1) is 5.10 Å². The topological polar surface area (TPSA) is 63.8 Å². The zero-order valence-corrected chi connectivity index (χ0v) is 10.7. The Kier molecular flexibility index (Phi) is 2.93. The lowest BCUT2D eigenvalue weighted by Crippen LogP contribution is -1.99. The summed E-state index contributed by atoms with van der Waals surface area (Å²) in [5.41, 5.74) is 3.65. The second kappa shape index (κ2) is 4.73. The average molecular weight is 260 g/mol. The smallest absolute Gasteiger partial charge is 0.195 e. The number of rotatable bonds is 4. The van der Waals surface area contributed by atoms with Crippen molar-refractivity contribution in [3.63, 3.8) is 0 Å². The van der Waals surface area contributed by atoms with Gasteiger partial charge in [-0.3, -0.25) is 0 Å². The van der Waals surface area contributed by atoms with Gasteiger partial charge in [0.2, 0.25) is 0 Å². The van der Waals surface area contributed by atoms with E-state index in [-0.39, 0.29) is 0 Å². The second-order valence-corrected chi connectivity index (χ2v) is 4.50. The molecule has 3 rings (SSSR count). The van der Waals surface area contributed by atoms with Gasteiger partial charge >= 0.3 is 0 Å². The van der Waals surface area contributed by atoms with Crippen LogP contribution in [0, 0.1) is 0 Å². The van der Waals surface area contributed by atoms with Crippen molar-refractivity contribution < 1.29 is 4.42 Å². The summed E-state index contributed by atoms with van der Waals surface area (Å²) in [7, 11) is 0. The quantitative estimate of drug-likeness (QED) is 0.781. The maximum atomic E-state index is 5.56. The number of fused-ring (bicyclic) bond motifs is 1. The van der Waals surface area contributed by atoms with Gasteiger partial charge in [-0.1, -0.05) is 11.4 Å². The Morgan fingerprint density at radius 3 is 3.11 bits per heavy atom. The lowest BCUT2D eigenvalue weighted by molar-refractivity contribution is 0.538. The lowest BCUT2D eigenvalue weighted by atomic mass is 10.3. The number of benzene rings is 1. The molecular formula is C12H12N4OS. The van der Waals surface area contributed by atoms with E-state index in [1.807, 2.05) is 30.5 Å². The molecule has 92 valence electrons. The van der Waals surface area contributed by atoms with Crippen LogP contribution >= 0.6 is 11.5 Å². The molecule has 5 nitrogen and oxygen atoms in total. The maximum absolute atomic E-state index is 5.56. The molecule has 0 amide bonds. The molecule has 2 heterocycles. The summed E-state index contributed by atoms with van der Waals surface area (Å²) in [6.45, 7) is 2.69. The molecule has 0 atom stereocenters. The fourth-order valence-electron chi connectivity index (χ4n) is 1.69. The van der Waals surface area contributed by atoms with Crippen molar-refractivity contribution in [1.82, 2.24) is 14.6 Å². The molecule has 2 aromatic heterocycles. The van der Waals surface area contributed by atoms with Gasteiger partial charge in [0.1, 0.15) is 5.52 Å². The van der Waals surface area contributed by atoms with Crippen LogP contribution in [0.15, 0.2) is 28.0 Å². The van der Waals surface area contributed by atoms with Crippen molar-refractivity contribution in [1.29, 1.82) is 0 Å². The molecule has 1 aromatic carbocycles. The Morgan fingerprint density at radius 2 is 2.33 bits per heavy atom. The van der Waals surface area contributed by atoms with Gasteiger partial charge in [0.05, 0.1) is 12.2 Å². The summed E-state index contributed by atoms with van der Waals surface area (Å²) in [6, 6.07) is 5.90. The Labute approximate surface area is 108 Å². The van der Waals surface area contributed by atoms with Crippen molar-refractivity contribution >= 4 is 28.3 Å². The minimum atomic E-state index is 0.667. The molecular weight excluding hydrogens is 248 g/mol. The Balaban J connectivity index is 1.80. The van der Waals surface area contributed by atoms with Gasteiger partial charge in [0, 0.05) is 17.5 Å². The minimum Gasteiger partial charge on any atom is -0.441 e. The molecule has 18 heavy (non-hydrogen) atoms. The predicted octanol–water partition coefficient (Wildman–Crippen LogP) is 2.85. The van der Waals surface area contributed by atoms with Gasteiger partial charge in [-0.25, -0.2) is 4.98 Å². The maximum Gasteiger partial charge on any atom is 0.195 e. The third kappa shape index (κ3) is 2.19. The molecule has 0 bridgehead atoms. The first-order chi connectivity index (χ1) is 8.85. The highest BCUT2D eigenvalue weighted by molar-refractivity contribution is 7.03. The fourth-order valence-corrected chi connectivity index (χ4v) is 2.14. The summed E-state index contributed by atoms with van der Waals surface area (Å²) in [4.78, 5) is 4.40. The summed E-state index contributed by atoms with van der Waals surface area (Å²) < 4.78 is 9.39. The van der Waals surface area contributed by atoms with E-state index in [1.165, 1.54) is 11.5 Å². The zero-order chi connectivity index (χ0) is 12.4. The summed E-state index contributed by atoms with van der Waals surface area (Å²) in [5.74, 6) is 0.769. The van der Waals surface area contributed by atoms with Gasteiger partial charge < -0.3 is 9.73 Å². The minimum absolute atomic E-state index is 0.667. The summed E-state index contributed by atoms with van der Waals surface area (Å²) in [5, 5.41) is 9.20. The van der Waals surface area contributed by atoms with Crippen LogP contribution < -0.4 is 5.32 Å². The van der Waals surface area contributed by atoms with Crippen molar-refractivity contribution in [2.24, 2.45) is 0 Å². The number of hydrogen-bond donors (Lipinski definition) is 1. The normalized spacial score (nSPS) is 10.9. The van der Waals surface area contributed by atoms with Gasteiger partial charge in [0.25, 0.3) is 0 Å². The molecule has 1 N–H and O–H groups in total. The number of aryl methyl sites for hydroxylation is 1. The third-order valence-electron chi connectivity index (χ3n) is 2.61. The molecule has 0 unspecified atom stereocenters. The van der Waals surface area contributed by atoms with E-state index in [4.69, 9.17) is 4.42 Å². The van der Waals surface area contributed by atoms with Gasteiger partial charge in [0.15, 0.2) is 11.5 Å². The molecule has 6 heteroatoms. The number of nitrogens with one attached hydrogen (secondary N) is 1. The lowest BCUT2D eigenvalue weighted by Gasteiger charge is -2.02. The van der Waals surface area contributed by atoms with E-state index in [2.05, 4.69) is 19.9 Å². The molecule has 0 radical (unpaired) electrons. The summed E-state index contributed by atoms with van der Waals surface area (Å²) in [6.07, 6.45) is 0.807. The van der Waals surface area contributed by atoms with Crippen LogP contribution in [0.3, 0.4) is 0 Å². The van der Waals surface area contributed by atoms with E-state index in [9.17, 15) is 0 Å². The number of anilines is 1. The van der Waals surface area contributed by atoms with Crippen molar-refractivity contribution in [2.75, 3.05) is 5.32 Å². The number of oxazole rings is 1. The summed E-state index contributed by atoms with van der Waals surface area (Å²) >= 11 is 1.36. The van der Waals surface area contributed by atoms with Crippen LogP contribution in [-0.4, -0.2) is 14.6 Å². The van der Waals surface area contributed by atoms with Crippen molar-refractivity contribution in [3.05, 3.63) is 35.2 Å². The van der Waals surface area contributed by atoms with Crippen LogP contribution in [0.5, 0.6) is 0 Å². The van der Waals surface area contributed by atoms with Gasteiger partial charge in [-0.05, 0) is 29.7 Å². The van der Waals surface area contributed by atoms with Crippen LogP contribution in [0.1, 0.15) is 18.5 Å². The third-order valence-corrected chi connectivity index (χ3v) is 3.17. The molecule has 0 saturated carbocycles. The number of hydrogen-bond acceptors (Lipinski definition) is 6. The molecule has 0 spiro atoms. The number of nitrogens with zero attached hydrogens (tertiary/aromatic N) is 3. The first-order valence-electron chi connectivity index (χ1n) is 5.74. The first kappa shape index (κ1) is 11.2. The molecule has 0 aliphatic carbocycles. The zero-order valence-electron chi connectivity index (χ0n) is 9.88. The molecule has 0 fully saturated rings. The van der Waals surface area contributed by atoms with E-state index < -0.39 is 0 Å². The number of aromatic nitrogens is 3. The monoisotopic (exact) mass is 260 g/mol. The first-order valence-corrected chi connectivity index (χ1v) is 6.58. The molecule has 0 aliphatic heterocycles. The molecule has 0 saturated heterocycles. The fraction of sp³-hybridized carbons (Fsp3) is 0.250. The van der Waals surface area contributed by atoms with Crippen LogP contribution in [0.25, 0.3) is 11.1 Å². The van der Waals surface area contributed by atoms with E-state index >= 15 is 0 Å². The van der Waals surface area contributed by atoms with Crippen molar-refractivity contribution in [3.8, 4) is 0 Å². The highest BCUT2D eigenvalue weighted by atomic mass is 32.1. The molecule has 0 aliphatic rings. The van der Waals surface area contributed by atoms with E-state index in [0.29, 0.717) is 6.54 Å². The second-order valence-electron chi connectivity index (χ2n) is 3.89.